The first kappa shape index (κ1) is 9.36. The third-order valence-corrected chi connectivity index (χ3v) is 1.62. The summed E-state index contributed by atoms with van der Waals surface area (Å²) >= 11 is 4.69. The maximum atomic E-state index is 8.66. The second-order valence-electron chi connectivity index (χ2n) is 2.31. The topological polar surface area (TPSA) is 62.7 Å². The van der Waals surface area contributed by atoms with Crippen molar-refractivity contribution < 1.29 is 0 Å². The third kappa shape index (κ3) is 2.65. The van der Waals surface area contributed by atoms with Gasteiger partial charge in [0.25, 0.3) is 0 Å². The Morgan fingerprint density at radius 2 is 2.15 bits per heavy atom. The molecule has 0 radical (unpaired) electrons. The van der Waals surface area contributed by atoms with Gasteiger partial charge >= 0.3 is 0 Å². The summed E-state index contributed by atoms with van der Waals surface area (Å²) in [5, 5.41) is 8.66. The van der Waals surface area contributed by atoms with Gasteiger partial charge in [0.2, 0.25) is 0 Å². The van der Waals surface area contributed by atoms with Crippen LogP contribution >= 0.6 is 12.2 Å². The van der Waals surface area contributed by atoms with Gasteiger partial charge in [-0.2, -0.15) is 5.26 Å². The summed E-state index contributed by atoms with van der Waals surface area (Å²) in [4.78, 5) is 3.96. The molecule has 0 aromatic carbocycles. The van der Waals surface area contributed by atoms with E-state index in [-0.39, 0.29) is 4.99 Å². The average molecular weight is 189 g/mol. The van der Waals surface area contributed by atoms with Gasteiger partial charge in [0.05, 0.1) is 5.57 Å². The zero-order valence-corrected chi connectivity index (χ0v) is 7.58. The van der Waals surface area contributed by atoms with Crippen LogP contribution in [0.25, 0.3) is 6.08 Å². The molecule has 4 heteroatoms. The van der Waals surface area contributed by atoms with Crippen LogP contribution in [0, 0.1) is 11.3 Å². The molecule has 0 aliphatic carbocycles. The van der Waals surface area contributed by atoms with Crippen molar-refractivity contribution in [3.05, 3.63) is 35.7 Å². The van der Waals surface area contributed by atoms with Gasteiger partial charge in [-0.3, -0.25) is 4.98 Å². The zero-order valence-electron chi connectivity index (χ0n) is 6.77. The summed E-state index contributed by atoms with van der Waals surface area (Å²) in [5.74, 6) is 0. The van der Waals surface area contributed by atoms with Crippen LogP contribution in [0.4, 0.5) is 0 Å². The highest BCUT2D eigenvalue weighted by Crippen LogP contribution is 2.04. The molecule has 1 aromatic heterocycles. The number of pyridine rings is 1. The first-order valence-electron chi connectivity index (χ1n) is 3.55. The summed E-state index contributed by atoms with van der Waals surface area (Å²) in [7, 11) is 0. The second-order valence-corrected chi connectivity index (χ2v) is 2.75. The fourth-order valence-electron chi connectivity index (χ4n) is 0.785. The standard InChI is InChI=1S/C9H7N3S/c10-6-8(9(11)13)5-7-1-3-12-4-2-7/h1-5H,(H2,11,13)/b8-5+. The van der Waals surface area contributed by atoms with Crippen molar-refractivity contribution in [2.75, 3.05) is 0 Å². The number of aromatic nitrogens is 1. The van der Waals surface area contributed by atoms with E-state index in [9.17, 15) is 0 Å². The molecule has 64 valence electrons. The molecule has 0 fully saturated rings. The summed E-state index contributed by atoms with van der Waals surface area (Å²) in [6, 6.07) is 5.47. The Bertz CT molecular complexity index is 376. The number of hydrogen-bond donors (Lipinski definition) is 1. The Morgan fingerprint density at radius 1 is 1.54 bits per heavy atom. The molecule has 0 unspecified atom stereocenters. The molecular formula is C9H7N3S. The summed E-state index contributed by atoms with van der Waals surface area (Å²) in [5.41, 5.74) is 6.49. The molecule has 13 heavy (non-hydrogen) atoms. The van der Waals surface area contributed by atoms with Gasteiger partial charge in [0.1, 0.15) is 11.1 Å². The van der Waals surface area contributed by atoms with Gasteiger partial charge in [-0.25, -0.2) is 0 Å². The van der Waals surface area contributed by atoms with Crippen molar-refractivity contribution >= 4 is 23.3 Å². The molecule has 3 nitrogen and oxygen atoms in total. The van der Waals surface area contributed by atoms with Crippen LogP contribution in [0.3, 0.4) is 0 Å². The first-order chi connectivity index (χ1) is 6.24. The number of nitriles is 1. The van der Waals surface area contributed by atoms with Crippen molar-refractivity contribution in [2.24, 2.45) is 5.73 Å². The molecule has 0 aliphatic rings. The lowest BCUT2D eigenvalue weighted by Crippen LogP contribution is -2.09. The fourth-order valence-corrected chi connectivity index (χ4v) is 0.889. The molecular weight excluding hydrogens is 182 g/mol. The maximum Gasteiger partial charge on any atom is 0.114 e. The average Bonchev–Trinajstić information content (AvgIpc) is 2.15. The van der Waals surface area contributed by atoms with Gasteiger partial charge in [-0.05, 0) is 23.8 Å². The van der Waals surface area contributed by atoms with E-state index in [1.54, 1.807) is 30.6 Å². The van der Waals surface area contributed by atoms with E-state index < -0.39 is 0 Å². The lowest BCUT2D eigenvalue weighted by atomic mass is 10.2. The summed E-state index contributed by atoms with van der Waals surface area (Å²) < 4.78 is 0. The van der Waals surface area contributed by atoms with Crippen LogP contribution in [0.5, 0.6) is 0 Å². The molecule has 1 aromatic rings. The molecule has 1 rings (SSSR count). The molecule has 2 N–H and O–H groups in total. The number of rotatable bonds is 2. The van der Waals surface area contributed by atoms with E-state index in [1.165, 1.54) is 0 Å². The highest BCUT2D eigenvalue weighted by Gasteiger charge is 1.98. The Labute approximate surface area is 81.5 Å². The Morgan fingerprint density at radius 3 is 2.62 bits per heavy atom. The molecule has 0 saturated heterocycles. The minimum absolute atomic E-state index is 0.110. The minimum atomic E-state index is 0.110. The quantitative estimate of drug-likeness (QED) is 0.432. The van der Waals surface area contributed by atoms with Crippen LogP contribution in [-0.4, -0.2) is 9.97 Å². The Balaban J connectivity index is 3.01. The predicted molar refractivity (Wildman–Crippen MR) is 54.6 cm³/mol. The van der Waals surface area contributed by atoms with Crippen molar-refractivity contribution in [3.63, 3.8) is 0 Å². The molecule has 0 bridgehead atoms. The SMILES string of the molecule is N#C/C(=C\c1ccncc1)C(N)=S. The third-order valence-electron chi connectivity index (χ3n) is 1.40. The lowest BCUT2D eigenvalue weighted by molar-refractivity contribution is 1.32. The maximum absolute atomic E-state index is 8.66. The largest absolute Gasteiger partial charge is 0.389 e. The van der Waals surface area contributed by atoms with Gasteiger partial charge < -0.3 is 5.73 Å². The number of nitrogens with two attached hydrogens (primary N) is 1. The molecule has 0 amide bonds. The molecule has 0 spiro atoms. The molecule has 1 heterocycles. The fraction of sp³-hybridized carbons (Fsp3) is 0. The first-order valence-corrected chi connectivity index (χ1v) is 3.96. The van der Waals surface area contributed by atoms with E-state index in [4.69, 9.17) is 11.0 Å². The Hall–Kier alpha value is -1.73. The Kier molecular flexibility index (Phi) is 3.12. The monoisotopic (exact) mass is 189 g/mol. The predicted octanol–water partition coefficient (Wildman–Crippen LogP) is 1.27. The van der Waals surface area contributed by atoms with Crippen LogP contribution < -0.4 is 5.73 Å². The second kappa shape index (κ2) is 4.33. The van der Waals surface area contributed by atoms with Crippen LogP contribution in [0.2, 0.25) is 0 Å². The molecule has 0 saturated carbocycles. The van der Waals surface area contributed by atoms with Crippen molar-refractivity contribution in [1.82, 2.24) is 4.98 Å². The van der Waals surface area contributed by atoms with Crippen LogP contribution in [0.15, 0.2) is 30.1 Å². The number of hydrogen-bond acceptors (Lipinski definition) is 3. The van der Waals surface area contributed by atoms with Crippen LogP contribution in [0.1, 0.15) is 5.56 Å². The van der Waals surface area contributed by atoms with E-state index in [0.717, 1.165) is 5.56 Å². The van der Waals surface area contributed by atoms with Crippen LogP contribution in [-0.2, 0) is 0 Å². The van der Waals surface area contributed by atoms with Gasteiger partial charge in [-0.1, -0.05) is 12.2 Å². The molecule has 0 atom stereocenters. The number of thiocarbonyl (C=S) groups is 1. The van der Waals surface area contributed by atoms with E-state index in [1.807, 2.05) is 6.07 Å². The minimum Gasteiger partial charge on any atom is -0.389 e. The van der Waals surface area contributed by atoms with E-state index in [0.29, 0.717) is 5.57 Å². The van der Waals surface area contributed by atoms with Gasteiger partial charge in [0, 0.05) is 12.4 Å². The molecule has 0 aliphatic heterocycles. The smallest absolute Gasteiger partial charge is 0.114 e. The lowest BCUT2D eigenvalue weighted by Gasteiger charge is -1.94. The highest BCUT2D eigenvalue weighted by atomic mass is 32.1. The highest BCUT2D eigenvalue weighted by molar-refractivity contribution is 7.80. The summed E-state index contributed by atoms with van der Waals surface area (Å²) in [6.07, 6.45) is 4.91. The summed E-state index contributed by atoms with van der Waals surface area (Å²) in [6.45, 7) is 0. The van der Waals surface area contributed by atoms with Crippen molar-refractivity contribution in [1.29, 1.82) is 5.26 Å². The van der Waals surface area contributed by atoms with E-state index in [2.05, 4.69) is 17.2 Å². The number of nitrogens with zero attached hydrogens (tertiary/aromatic N) is 2. The van der Waals surface area contributed by atoms with Gasteiger partial charge in [-0.15, -0.1) is 0 Å². The van der Waals surface area contributed by atoms with Crippen molar-refractivity contribution in [3.8, 4) is 6.07 Å². The van der Waals surface area contributed by atoms with E-state index >= 15 is 0 Å². The zero-order chi connectivity index (χ0) is 9.68. The van der Waals surface area contributed by atoms with Gasteiger partial charge in [0.15, 0.2) is 0 Å². The normalized spacial score (nSPS) is 10.5. The van der Waals surface area contributed by atoms with Crippen molar-refractivity contribution in [2.45, 2.75) is 0 Å².